The number of H-pyrrole nitrogens is 1. The van der Waals surface area contributed by atoms with Crippen LogP contribution in [0.2, 0.25) is 0 Å². The summed E-state index contributed by atoms with van der Waals surface area (Å²) in [6.45, 7) is 9.42. The molecule has 1 aliphatic heterocycles. The van der Waals surface area contributed by atoms with Gasteiger partial charge in [-0.3, -0.25) is 5.10 Å². The fourth-order valence-electron chi connectivity index (χ4n) is 5.46. The van der Waals surface area contributed by atoms with E-state index >= 15 is 0 Å². The van der Waals surface area contributed by atoms with E-state index in [1.54, 1.807) is 30.8 Å². The maximum atomic E-state index is 13.6. The summed E-state index contributed by atoms with van der Waals surface area (Å²) >= 11 is 1.16. The molecule has 1 aromatic carbocycles. The molecule has 4 atom stereocenters. The van der Waals surface area contributed by atoms with E-state index in [-0.39, 0.29) is 23.9 Å². The molecule has 12 nitrogen and oxygen atoms in total. The Balaban J connectivity index is 1.29. The third kappa shape index (κ3) is 5.37. The Labute approximate surface area is 247 Å². The number of rotatable bonds is 7. The second-order valence-corrected chi connectivity index (χ2v) is 13.9. The maximum absolute atomic E-state index is 13.6. The number of aromatic amines is 1. The largest absolute Gasteiger partial charge is 0.377 e. The first-order chi connectivity index (χ1) is 20.1. The van der Waals surface area contributed by atoms with Crippen LogP contribution >= 0.6 is 11.3 Å². The van der Waals surface area contributed by atoms with Crippen molar-refractivity contribution in [3.8, 4) is 11.4 Å². The second-order valence-electron chi connectivity index (χ2n) is 10.8. The number of urea groups is 1. The number of nitrogens with zero attached hydrogens (tertiary/aromatic N) is 5. The number of carbonyl (C=O) groups excluding carboxylic acids is 1. The highest BCUT2D eigenvalue weighted by Crippen LogP contribution is 2.54. The number of morpholine rings is 1. The van der Waals surface area contributed by atoms with E-state index in [2.05, 4.69) is 37.6 Å². The number of hydrogen-bond acceptors (Lipinski definition) is 10. The van der Waals surface area contributed by atoms with Crippen molar-refractivity contribution in [1.29, 1.82) is 0 Å². The van der Waals surface area contributed by atoms with Gasteiger partial charge in [0.1, 0.15) is 10.0 Å². The number of nitrogens with one attached hydrogen (secondary N) is 3. The van der Waals surface area contributed by atoms with E-state index in [0.717, 1.165) is 28.4 Å². The molecule has 3 aromatic heterocycles. The van der Waals surface area contributed by atoms with E-state index in [1.807, 2.05) is 32.0 Å². The van der Waals surface area contributed by atoms with Crippen LogP contribution in [0.5, 0.6) is 0 Å². The first-order valence-electron chi connectivity index (χ1n) is 13.7. The SMILES string of the molecule is Cc1ncsc1S(=O)(=O)C1C(C)C1c1cc(N2CCOC[C@@H]2C)nc(-c2ccc(NC(=O)Nc3cn[nH]c3C)cc2)n1. The van der Waals surface area contributed by atoms with Crippen molar-refractivity contribution in [2.24, 2.45) is 5.92 Å². The predicted molar refractivity (Wildman–Crippen MR) is 161 cm³/mol. The van der Waals surface area contributed by atoms with E-state index < -0.39 is 15.1 Å². The average Bonchev–Trinajstić information content (AvgIpc) is 3.22. The zero-order valence-electron chi connectivity index (χ0n) is 23.7. The summed E-state index contributed by atoms with van der Waals surface area (Å²) in [5.74, 6) is 0.880. The predicted octanol–water partition coefficient (Wildman–Crippen LogP) is 4.38. The lowest BCUT2D eigenvalue weighted by Gasteiger charge is -2.34. The van der Waals surface area contributed by atoms with E-state index in [4.69, 9.17) is 14.7 Å². The maximum Gasteiger partial charge on any atom is 0.323 e. The Morgan fingerprint density at radius 2 is 1.93 bits per heavy atom. The molecule has 1 saturated heterocycles. The number of carbonyl (C=O) groups is 1. The van der Waals surface area contributed by atoms with Gasteiger partial charge in [0, 0.05) is 29.8 Å². The fraction of sp³-hybridized carbons (Fsp3) is 0.393. The summed E-state index contributed by atoms with van der Waals surface area (Å²) in [6.07, 6.45) is 1.55. The molecule has 3 N–H and O–H groups in total. The van der Waals surface area contributed by atoms with Gasteiger partial charge >= 0.3 is 6.03 Å². The van der Waals surface area contributed by atoms with Crippen LogP contribution in [0.4, 0.5) is 22.0 Å². The van der Waals surface area contributed by atoms with Crippen molar-refractivity contribution >= 4 is 44.4 Å². The number of sulfone groups is 1. The number of thiazole rings is 1. The highest BCUT2D eigenvalue weighted by Gasteiger charge is 2.58. The van der Waals surface area contributed by atoms with Gasteiger partial charge in [-0.25, -0.2) is 28.2 Å². The molecule has 42 heavy (non-hydrogen) atoms. The molecule has 2 amide bonds. The van der Waals surface area contributed by atoms with Crippen LogP contribution in [0.15, 0.2) is 46.2 Å². The van der Waals surface area contributed by atoms with Crippen LogP contribution in [-0.4, -0.2) is 70.6 Å². The number of benzene rings is 1. The third-order valence-corrected chi connectivity index (χ3v) is 11.8. The van der Waals surface area contributed by atoms with Crippen LogP contribution in [0, 0.1) is 19.8 Å². The first kappa shape index (κ1) is 28.2. The topological polar surface area (TPSA) is 155 Å². The molecule has 4 aromatic rings. The fourth-order valence-corrected chi connectivity index (χ4v) is 9.12. The number of amides is 2. The molecule has 6 rings (SSSR count). The molecule has 1 aliphatic carbocycles. The number of aromatic nitrogens is 5. The van der Waals surface area contributed by atoms with Crippen LogP contribution < -0.4 is 15.5 Å². The second kappa shape index (κ2) is 11.1. The summed E-state index contributed by atoms with van der Waals surface area (Å²) in [5.41, 5.74) is 5.51. The van der Waals surface area contributed by atoms with Gasteiger partial charge in [0.15, 0.2) is 15.7 Å². The Kier molecular flexibility index (Phi) is 7.45. The minimum Gasteiger partial charge on any atom is -0.377 e. The average molecular weight is 609 g/mol. The summed E-state index contributed by atoms with van der Waals surface area (Å²) in [4.78, 5) is 28.6. The van der Waals surface area contributed by atoms with Gasteiger partial charge in [-0.05, 0) is 51.0 Å². The molecular weight excluding hydrogens is 576 g/mol. The minimum atomic E-state index is -3.55. The molecule has 0 bridgehead atoms. The molecule has 0 radical (unpaired) electrons. The Bertz CT molecular complexity index is 1720. The van der Waals surface area contributed by atoms with Crippen molar-refractivity contribution in [3.63, 3.8) is 0 Å². The van der Waals surface area contributed by atoms with Crippen molar-refractivity contribution in [1.82, 2.24) is 25.1 Å². The normalized spacial score (nSPS) is 22.1. The lowest BCUT2D eigenvalue weighted by Crippen LogP contribution is -2.44. The van der Waals surface area contributed by atoms with Gasteiger partial charge < -0.3 is 20.3 Å². The summed E-state index contributed by atoms with van der Waals surface area (Å²) in [7, 11) is -3.55. The molecule has 3 unspecified atom stereocenters. The number of hydrogen-bond donors (Lipinski definition) is 3. The molecule has 14 heteroatoms. The third-order valence-electron chi connectivity index (χ3n) is 7.83. The van der Waals surface area contributed by atoms with E-state index in [1.165, 1.54) is 0 Å². The zero-order chi connectivity index (χ0) is 29.6. The monoisotopic (exact) mass is 608 g/mol. The Morgan fingerprint density at radius 3 is 2.60 bits per heavy atom. The van der Waals surface area contributed by atoms with Crippen molar-refractivity contribution in [2.75, 3.05) is 35.3 Å². The zero-order valence-corrected chi connectivity index (χ0v) is 25.3. The van der Waals surface area contributed by atoms with Crippen molar-refractivity contribution in [3.05, 3.63) is 59.1 Å². The van der Waals surface area contributed by atoms with Crippen LogP contribution in [0.1, 0.15) is 36.8 Å². The van der Waals surface area contributed by atoms with Gasteiger partial charge in [0.25, 0.3) is 0 Å². The summed E-state index contributed by atoms with van der Waals surface area (Å²) in [5, 5.41) is 11.7. The number of ether oxygens (including phenoxy) is 1. The van der Waals surface area contributed by atoms with Gasteiger partial charge in [0.2, 0.25) is 0 Å². The van der Waals surface area contributed by atoms with Gasteiger partial charge in [-0.15, -0.1) is 11.3 Å². The molecule has 2 aliphatic rings. The molecule has 4 heterocycles. The van der Waals surface area contributed by atoms with Crippen LogP contribution in [0.3, 0.4) is 0 Å². The lowest BCUT2D eigenvalue weighted by molar-refractivity contribution is 0.0985. The van der Waals surface area contributed by atoms with Crippen molar-refractivity contribution in [2.45, 2.75) is 49.1 Å². The van der Waals surface area contributed by atoms with Gasteiger partial charge in [0.05, 0.1) is 59.0 Å². The Hall–Kier alpha value is -3.88. The lowest BCUT2D eigenvalue weighted by atomic mass is 10.1. The van der Waals surface area contributed by atoms with E-state index in [0.29, 0.717) is 52.6 Å². The quantitative estimate of drug-likeness (QED) is 0.277. The molecule has 2 fully saturated rings. The van der Waals surface area contributed by atoms with Gasteiger partial charge in [-0.1, -0.05) is 6.92 Å². The minimum absolute atomic E-state index is 0.0989. The van der Waals surface area contributed by atoms with Crippen molar-refractivity contribution < 1.29 is 17.9 Å². The van der Waals surface area contributed by atoms with Crippen LogP contribution in [0.25, 0.3) is 11.4 Å². The molecular formula is C28H32N8O4S2. The summed E-state index contributed by atoms with van der Waals surface area (Å²) < 4.78 is 33.1. The first-order valence-corrected chi connectivity index (χ1v) is 16.1. The van der Waals surface area contributed by atoms with Crippen LogP contribution in [-0.2, 0) is 14.6 Å². The Morgan fingerprint density at radius 1 is 1.14 bits per heavy atom. The number of aryl methyl sites for hydroxylation is 2. The van der Waals surface area contributed by atoms with E-state index in [9.17, 15) is 13.2 Å². The van der Waals surface area contributed by atoms with Gasteiger partial charge in [-0.2, -0.15) is 5.10 Å². The number of anilines is 3. The molecule has 220 valence electrons. The highest BCUT2D eigenvalue weighted by molar-refractivity contribution is 7.94. The standard InChI is InChI=1S/C28H32N8O4S2/c1-15-13-40-10-9-36(15)23-11-21(24-16(2)25(24)42(38,39)27-18(4)29-14-41-27)32-26(34-23)19-5-7-20(8-6-19)31-28(37)33-22-12-30-35-17(22)3/h5-8,11-12,14-16,24-25H,9-10,13H2,1-4H3,(H,30,35)(H2,31,33,37)/t15-,16?,24?,25?/m0/s1. The molecule has 1 saturated carbocycles. The molecule has 0 spiro atoms. The summed E-state index contributed by atoms with van der Waals surface area (Å²) in [6, 6.07) is 8.90. The highest BCUT2D eigenvalue weighted by atomic mass is 32.2. The smallest absolute Gasteiger partial charge is 0.323 e.